The Hall–Kier alpha value is -3.53. The summed E-state index contributed by atoms with van der Waals surface area (Å²) in [6.45, 7) is 4.88. The molecule has 0 radical (unpaired) electrons. The first-order chi connectivity index (χ1) is 17.1. The summed E-state index contributed by atoms with van der Waals surface area (Å²) in [5.74, 6) is -3.14. The summed E-state index contributed by atoms with van der Waals surface area (Å²) >= 11 is 1.33. The quantitative estimate of drug-likeness (QED) is 0.446. The van der Waals surface area contributed by atoms with Crippen LogP contribution in [-0.4, -0.2) is 54.3 Å². The molecular formula is C26H28N2O7S. The average molecular weight is 513 g/mol. The molecule has 0 bridgehead atoms. The van der Waals surface area contributed by atoms with E-state index in [0.717, 1.165) is 34.6 Å². The van der Waals surface area contributed by atoms with Crippen LogP contribution < -0.4 is 5.32 Å². The Labute approximate surface area is 212 Å². The second-order valence-corrected chi connectivity index (χ2v) is 10.5. The highest BCUT2D eigenvalue weighted by Crippen LogP contribution is 2.40. The number of thiophene rings is 1. The molecule has 2 heterocycles. The summed E-state index contributed by atoms with van der Waals surface area (Å²) in [4.78, 5) is 65.8. The fourth-order valence-electron chi connectivity index (χ4n) is 4.68. The molecule has 2 atom stereocenters. The third-order valence-electron chi connectivity index (χ3n) is 6.48. The maximum Gasteiger partial charge on any atom is 0.341 e. The third-order valence-corrected chi connectivity index (χ3v) is 7.65. The van der Waals surface area contributed by atoms with Crippen molar-refractivity contribution in [2.45, 2.75) is 46.1 Å². The molecule has 3 amide bonds. The van der Waals surface area contributed by atoms with E-state index in [1.165, 1.54) is 30.6 Å². The predicted octanol–water partition coefficient (Wildman–Crippen LogP) is 3.46. The fourth-order valence-corrected chi connectivity index (χ4v) is 6.09. The van der Waals surface area contributed by atoms with E-state index in [1.54, 1.807) is 26.0 Å². The molecule has 1 N–H and O–H groups in total. The monoisotopic (exact) mass is 512 g/mol. The molecule has 0 saturated heterocycles. The molecule has 10 heteroatoms. The van der Waals surface area contributed by atoms with Crippen LogP contribution in [0.3, 0.4) is 0 Å². The van der Waals surface area contributed by atoms with Crippen molar-refractivity contribution < 1.29 is 33.4 Å². The maximum atomic E-state index is 13.0. The number of fused-ring (bicyclic) bond motifs is 2. The summed E-state index contributed by atoms with van der Waals surface area (Å²) in [7, 11) is 1.29. The first kappa shape index (κ1) is 25.6. The van der Waals surface area contributed by atoms with E-state index in [2.05, 4.69) is 12.2 Å². The molecule has 1 aromatic carbocycles. The van der Waals surface area contributed by atoms with Crippen molar-refractivity contribution in [1.29, 1.82) is 0 Å². The molecule has 9 nitrogen and oxygen atoms in total. The van der Waals surface area contributed by atoms with E-state index >= 15 is 0 Å². The number of carbonyl (C=O) groups excluding carboxylic acids is 5. The Morgan fingerprint density at radius 3 is 2.36 bits per heavy atom. The molecule has 0 saturated carbocycles. The van der Waals surface area contributed by atoms with E-state index in [1.807, 2.05) is 0 Å². The average Bonchev–Trinajstić information content (AvgIpc) is 3.32. The van der Waals surface area contributed by atoms with Crippen molar-refractivity contribution in [2.75, 3.05) is 19.0 Å². The van der Waals surface area contributed by atoms with Crippen LogP contribution in [0.1, 0.15) is 68.7 Å². The van der Waals surface area contributed by atoms with Gasteiger partial charge in [0.25, 0.3) is 17.7 Å². The summed E-state index contributed by atoms with van der Waals surface area (Å²) in [5, 5.41) is 3.04. The predicted molar refractivity (Wildman–Crippen MR) is 132 cm³/mol. The van der Waals surface area contributed by atoms with Crippen molar-refractivity contribution in [3.8, 4) is 0 Å². The summed E-state index contributed by atoms with van der Waals surface area (Å²) in [5.41, 5.74) is 1.69. The van der Waals surface area contributed by atoms with Crippen LogP contribution in [0.15, 0.2) is 24.3 Å². The number of carbonyl (C=O) groups is 5. The highest BCUT2D eigenvalue weighted by molar-refractivity contribution is 7.17. The minimum Gasteiger partial charge on any atom is -0.465 e. The van der Waals surface area contributed by atoms with Gasteiger partial charge in [-0.15, -0.1) is 11.3 Å². The molecule has 4 rings (SSSR count). The number of esters is 2. The second kappa shape index (κ2) is 10.2. The van der Waals surface area contributed by atoms with Crippen LogP contribution in [-0.2, 0) is 31.9 Å². The first-order valence-electron chi connectivity index (χ1n) is 11.8. The number of rotatable bonds is 7. The van der Waals surface area contributed by atoms with Gasteiger partial charge in [-0.05, 0) is 48.8 Å². The minimum atomic E-state index is -1.19. The van der Waals surface area contributed by atoms with Gasteiger partial charge in [0.2, 0.25) is 0 Å². The molecule has 1 aliphatic carbocycles. The van der Waals surface area contributed by atoms with Crippen molar-refractivity contribution in [2.24, 2.45) is 11.8 Å². The lowest BCUT2D eigenvalue weighted by Crippen LogP contribution is -2.49. The highest BCUT2D eigenvalue weighted by atomic mass is 32.1. The van der Waals surface area contributed by atoms with Crippen LogP contribution in [0.25, 0.3) is 0 Å². The number of hydrogen-bond acceptors (Lipinski definition) is 8. The molecule has 190 valence electrons. The molecule has 1 aromatic heterocycles. The Bertz CT molecular complexity index is 1210. The van der Waals surface area contributed by atoms with Crippen LogP contribution in [0.2, 0.25) is 0 Å². The normalized spacial score (nSPS) is 17.5. The number of benzene rings is 1. The number of hydrogen-bond donors (Lipinski definition) is 1. The van der Waals surface area contributed by atoms with Gasteiger partial charge in [0.1, 0.15) is 11.0 Å². The lowest BCUT2D eigenvalue weighted by atomic mass is 9.88. The first-order valence-corrected chi connectivity index (χ1v) is 12.6. The Kier molecular flexibility index (Phi) is 7.26. The molecule has 0 fully saturated rings. The number of anilines is 1. The van der Waals surface area contributed by atoms with Crippen LogP contribution in [0, 0.1) is 11.8 Å². The molecular weight excluding hydrogens is 484 g/mol. The number of nitrogens with zero attached hydrogens (tertiary/aromatic N) is 1. The lowest BCUT2D eigenvalue weighted by Gasteiger charge is -2.27. The molecule has 2 aliphatic rings. The fraction of sp³-hybridized carbons (Fsp3) is 0.423. The number of imide groups is 1. The zero-order valence-electron chi connectivity index (χ0n) is 20.6. The van der Waals surface area contributed by atoms with Gasteiger partial charge < -0.3 is 14.8 Å². The van der Waals surface area contributed by atoms with Gasteiger partial charge in [0, 0.05) is 4.88 Å². The molecule has 0 unspecified atom stereocenters. The van der Waals surface area contributed by atoms with E-state index in [9.17, 15) is 24.0 Å². The van der Waals surface area contributed by atoms with Crippen LogP contribution in [0.4, 0.5) is 5.00 Å². The highest BCUT2D eigenvalue weighted by Gasteiger charge is 2.44. The number of nitrogens with one attached hydrogen (secondary N) is 1. The van der Waals surface area contributed by atoms with Crippen molar-refractivity contribution in [1.82, 2.24) is 4.90 Å². The standard InChI is InChI=1S/C26H28N2O7S/c1-13(2)21(28-23(30)15-7-5-6-8-16(15)24(28)31)26(33)35-12-19(29)27-22-20(25(32)34-4)17-10-9-14(3)11-18(17)36-22/h5-8,13-14,21H,9-12H2,1-4H3,(H,27,29)/t14-,21+/m1/s1. The van der Waals surface area contributed by atoms with E-state index < -0.39 is 48.2 Å². The summed E-state index contributed by atoms with van der Waals surface area (Å²) < 4.78 is 10.2. The van der Waals surface area contributed by atoms with Gasteiger partial charge in [0.15, 0.2) is 6.61 Å². The van der Waals surface area contributed by atoms with E-state index in [-0.39, 0.29) is 11.1 Å². The van der Waals surface area contributed by atoms with Gasteiger partial charge in [-0.2, -0.15) is 0 Å². The zero-order valence-corrected chi connectivity index (χ0v) is 21.4. The second-order valence-electron chi connectivity index (χ2n) is 9.42. The van der Waals surface area contributed by atoms with Crippen molar-refractivity contribution in [3.63, 3.8) is 0 Å². The number of amides is 3. The van der Waals surface area contributed by atoms with Gasteiger partial charge >= 0.3 is 11.9 Å². The number of methoxy groups -OCH3 is 1. The Morgan fingerprint density at radius 1 is 1.14 bits per heavy atom. The molecule has 2 aromatic rings. The lowest BCUT2D eigenvalue weighted by molar-refractivity contribution is -0.152. The maximum absolute atomic E-state index is 13.0. The Morgan fingerprint density at radius 2 is 1.78 bits per heavy atom. The topological polar surface area (TPSA) is 119 Å². The van der Waals surface area contributed by atoms with Crippen molar-refractivity contribution in [3.05, 3.63) is 51.4 Å². The molecule has 36 heavy (non-hydrogen) atoms. The SMILES string of the molecule is COC(=O)c1c(NC(=O)COC(=O)[C@H](C(C)C)N2C(=O)c3ccccc3C2=O)sc2c1CC[C@@H](C)C2. The van der Waals surface area contributed by atoms with Crippen LogP contribution in [0.5, 0.6) is 0 Å². The zero-order chi connectivity index (χ0) is 26.1. The summed E-state index contributed by atoms with van der Waals surface area (Å²) in [6, 6.07) is 5.17. The van der Waals surface area contributed by atoms with E-state index in [0.29, 0.717) is 16.5 Å². The largest absolute Gasteiger partial charge is 0.465 e. The number of ether oxygens (including phenoxy) is 2. The van der Waals surface area contributed by atoms with Gasteiger partial charge in [-0.3, -0.25) is 19.3 Å². The third kappa shape index (κ3) is 4.65. The van der Waals surface area contributed by atoms with Gasteiger partial charge in [0.05, 0.1) is 23.8 Å². The Balaban J connectivity index is 1.46. The minimum absolute atomic E-state index is 0.227. The molecule has 1 aliphatic heterocycles. The van der Waals surface area contributed by atoms with Gasteiger partial charge in [-0.25, -0.2) is 9.59 Å². The van der Waals surface area contributed by atoms with Gasteiger partial charge in [-0.1, -0.05) is 32.9 Å². The van der Waals surface area contributed by atoms with E-state index in [4.69, 9.17) is 9.47 Å². The van der Waals surface area contributed by atoms with Crippen molar-refractivity contribution >= 4 is 46.0 Å². The smallest absolute Gasteiger partial charge is 0.341 e. The molecule has 0 spiro atoms. The summed E-state index contributed by atoms with van der Waals surface area (Å²) in [6.07, 6.45) is 2.47. The van der Waals surface area contributed by atoms with Crippen LogP contribution >= 0.6 is 11.3 Å².